The fraction of sp³-hybridized carbons (Fsp3) is 0.114. The van der Waals surface area contributed by atoms with Gasteiger partial charge in [-0.3, -0.25) is 0 Å². The molecule has 0 spiro atoms. The first-order valence-corrected chi connectivity index (χ1v) is 16.8. The Morgan fingerprint density at radius 3 is 1.65 bits per heavy atom. The maximum Gasteiger partial charge on any atom is 0.416 e. The quantitative estimate of drug-likeness (QED) is 0.182. The van der Waals surface area contributed by atoms with E-state index in [1.54, 1.807) is 6.07 Å². The molecule has 250 valence electrons. The molecule has 6 aromatic carbocycles. The molecule has 0 unspecified atom stereocenters. The SMILES string of the molecule is CC(C)(C)c1ccc2c3ccccc3n(-c3cc(-c4nc(-c5ccccc5)nc(-c5ccccc5)n4)ccc3-c3cccc(C(F)(F)F)c3)c2c1. The number of nitrogens with zero attached hydrogens (tertiary/aromatic N) is 4. The third-order valence-electron chi connectivity index (χ3n) is 9.24. The molecule has 0 fully saturated rings. The molecular weight excluding hydrogens is 642 g/mol. The number of halogens is 3. The molecule has 0 bridgehead atoms. The largest absolute Gasteiger partial charge is 0.416 e. The highest BCUT2D eigenvalue weighted by molar-refractivity contribution is 6.10. The summed E-state index contributed by atoms with van der Waals surface area (Å²) in [6.07, 6.45) is -4.49. The summed E-state index contributed by atoms with van der Waals surface area (Å²) in [6.45, 7) is 6.52. The Kier molecular flexibility index (Phi) is 7.79. The monoisotopic (exact) mass is 674 g/mol. The molecule has 2 aromatic heterocycles. The van der Waals surface area contributed by atoms with Gasteiger partial charge in [-0.25, -0.2) is 15.0 Å². The van der Waals surface area contributed by atoms with Crippen LogP contribution in [0.1, 0.15) is 31.9 Å². The van der Waals surface area contributed by atoms with Crippen LogP contribution in [0, 0.1) is 0 Å². The predicted octanol–water partition coefficient (Wildman–Crippen LogP) is 12.0. The first-order chi connectivity index (χ1) is 24.5. The first kappa shape index (κ1) is 32.1. The van der Waals surface area contributed by atoms with Crippen LogP contribution < -0.4 is 0 Å². The molecule has 2 heterocycles. The number of hydrogen-bond acceptors (Lipinski definition) is 3. The van der Waals surface area contributed by atoms with Crippen molar-refractivity contribution in [3.63, 3.8) is 0 Å². The van der Waals surface area contributed by atoms with Crippen LogP contribution in [0.5, 0.6) is 0 Å². The Morgan fingerprint density at radius 1 is 0.451 bits per heavy atom. The zero-order chi connectivity index (χ0) is 35.3. The van der Waals surface area contributed by atoms with Crippen molar-refractivity contribution in [1.29, 1.82) is 0 Å². The van der Waals surface area contributed by atoms with Crippen molar-refractivity contribution in [1.82, 2.24) is 19.5 Å². The van der Waals surface area contributed by atoms with Crippen molar-refractivity contribution in [3.05, 3.63) is 157 Å². The van der Waals surface area contributed by atoms with Gasteiger partial charge >= 0.3 is 6.18 Å². The summed E-state index contributed by atoms with van der Waals surface area (Å²) in [5, 5.41) is 2.10. The topological polar surface area (TPSA) is 43.6 Å². The van der Waals surface area contributed by atoms with E-state index in [0.717, 1.165) is 44.6 Å². The van der Waals surface area contributed by atoms with E-state index in [0.29, 0.717) is 39.9 Å². The van der Waals surface area contributed by atoms with Gasteiger partial charge in [-0.1, -0.05) is 136 Å². The van der Waals surface area contributed by atoms with Crippen molar-refractivity contribution >= 4 is 21.8 Å². The number of alkyl halides is 3. The molecule has 0 saturated carbocycles. The Bertz CT molecular complexity index is 2490. The van der Waals surface area contributed by atoms with Gasteiger partial charge in [0.25, 0.3) is 0 Å². The molecule has 0 atom stereocenters. The van der Waals surface area contributed by atoms with Crippen molar-refractivity contribution in [3.8, 4) is 51.0 Å². The van der Waals surface area contributed by atoms with Crippen LogP contribution in [0.2, 0.25) is 0 Å². The number of rotatable bonds is 5. The highest BCUT2D eigenvalue weighted by atomic mass is 19.4. The van der Waals surface area contributed by atoms with Crippen LogP contribution in [0.25, 0.3) is 72.8 Å². The average Bonchev–Trinajstić information content (AvgIpc) is 3.48. The summed E-state index contributed by atoms with van der Waals surface area (Å²) in [5.41, 5.74) is 6.42. The number of para-hydroxylation sites is 1. The molecule has 0 aliphatic heterocycles. The number of fused-ring (bicyclic) bond motifs is 3. The Balaban J connectivity index is 1.44. The van der Waals surface area contributed by atoms with E-state index in [-0.39, 0.29) is 5.41 Å². The minimum absolute atomic E-state index is 0.131. The van der Waals surface area contributed by atoms with Crippen molar-refractivity contribution < 1.29 is 13.2 Å². The second kappa shape index (κ2) is 12.4. The number of benzene rings is 6. The molecule has 0 radical (unpaired) electrons. The molecule has 0 aliphatic carbocycles. The highest BCUT2D eigenvalue weighted by Gasteiger charge is 2.31. The molecular formula is C44H33F3N4. The number of hydrogen-bond donors (Lipinski definition) is 0. The Labute approximate surface area is 293 Å². The molecule has 4 nitrogen and oxygen atoms in total. The molecule has 0 amide bonds. The fourth-order valence-corrected chi connectivity index (χ4v) is 6.60. The maximum atomic E-state index is 14.0. The van der Waals surface area contributed by atoms with Crippen LogP contribution in [0.4, 0.5) is 13.2 Å². The minimum atomic E-state index is -4.49. The third-order valence-corrected chi connectivity index (χ3v) is 9.24. The lowest BCUT2D eigenvalue weighted by atomic mass is 9.86. The van der Waals surface area contributed by atoms with Crippen LogP contribution in [-0.2, 0) is 11.6 Å². The Hall–Kier alpha value is -6.08. The lowest BCUT2D eigenvalue weighted by Gasteiger charge is -2.20. The zero-order valence-electron chi connectivity index (χ0n) is 28.3. The van der Waals surface area contributed by atoms with Crippen LogP contribution in [-0.4, -0.2) is 19.5 Å². The summed E-state index contributed by atoms with van der Waals surface area (Å²) in [7, 11) is 0. The average molecular weight is 675 g/mol. The van der Waals surface area contributed by atoms with Gasteiger partial charge in [0.05, 0.1) is 22.3 Å². The molecule has 51 heavy (non-hydrogen) atoms. The second-order valence-corrected chi connectivity index (χ2v) is 13.7. The van der Waals surface area contributed by atoms with Crippen molar-refractivity contribution in [2.24, 2.45) is 0 Å². The summed E-state index contributed by atoms with van der Waals surface area (Å²) < 4.78 is 44.3. The summed E-state index contributed by atoms with van der Waals surface area (Å²) in [5.74, 6) is 1.50. The maximum absolute atomic E-state index is 14.0. The fourth-order valence-electron chi connectivity index (χ4n) is 6.60. The summed E-state index contributed by atoms with van der Waals surface area (Å²) in [6, 6.07) is 45.4. The molecule has 0 N–H and O–H groups in total. The van der Waals surface area contributed by atoms with E-state index in [4.69, 9.17) is 15.0 Å². The van der Waals surface area contributed by atoms with E-state index in [1.165, 1.54) is 12.1 Å². The predicted molar refractivity (Wildman–Crippen MR) is 200 cm³/mol. The van der Waals surface area contributed by atoms with Gasteiger partial charge in [-0.2, -0.15) is 13.2 Å². The zero-order valence-corrected chi connectivity index (χ0v) is 28.3. The van der Waals surface area contributed by atoms with Gasteiger partial charge < -0.3 is 4.57 Å². The van der Waals surface area contributed by atoms with Crippen LogP contribution in [0.15, 0.2) is 146 Å². The van der Waals surface area contributed by atoms with Gasteiger partial charge in [0.15, 0.2) is 17.5 Å². The van der Waals surface area contributed by atoms with E-state index in [2.05, 4.69) is 55.7 Å². The molecule has 7 heteroatoms. The Morgan fingerprint density at radius 2 is 1.02 bits per heavy atom. The lowest BCUT2D eigenvalue weighted by molar-refractivity contribution is -0.137. The highest BCUT2D eigenvalue weighted by Crippen LogP contribution is 2.41. The second-order valence-electron chi connectivity index (χ2n) is 13.7. The van der Waals surface area contributed by atoms with Crippen LogP contribution >= 0.6 is 0 Å². The van der Waals surface area contributed by atoms with E-state index in [9.17, 15) is 13.2 Å². The van der Waals surface area contributed by atoms with Crippen LogP contribution in [0.3, 0.4) is 0 Å². The van der Waals surface area contributed by atoms with Gasteiger partial charge in [0.1, 0.15) is 0 Å². The molecule has 0 aliphatic rings. The minimum Gasteiger partial charge on any atom is -0.309 e. The molecule has 8 aromatic rings. The van der Waals surface area contributed by atoms with E-state index in [1.807, 2.05) is 91.0 Å². The van der Waals surface area contributed by atoms with Gasteiger partial charge in [0, 0.05) is 33.0 Å². The number of aromatic nitrogens is 4. The summed E-state index contributed by atoms with van der Waals surface area (Å²) in [4.78, 5) is 14.8. The lowest BCUT2D eigenvalue weighted by Crippen LogP contribution is -2.11. The van der Waals surface area contributed by atoms with E-state index >= 15 is 0 Å². The normalized spacial score (nSPS) is 12.1. The van der Waals surface area contributed by atoms with Crippen molar-refractivity contribution in [2.75, 3.05) is 0 Å². The van der Waals surface area contributed by atoms with Gasteiger partial charge in [-0.15, -0.1) is 0 Å². The smallest absolute Gasteiger partial charge is 0.309 e. The first-order valence-electron chi connectivity index (χ1n) is 16.8. The standard InChI is InChI=1S/C44H33F3N4/c1-43(2,3)32-22-24-36-35-19-10-11-20-37(35)51(39(36)27-32)38-26-31(21-23-34(38)30-17-12-18-33(25-30)44(45,46)47)42-49-40(28-13-6-4-7-14-28)48-41(50-42)29-15-8-5-9-16-29/h4-27H,1-3H3. The van der Waals surface area contributed by atoms with Gasteiger partial charge in [-0.05, 0) is 46.9 Å². The van der Waals surface area contributed by atoms with Gasteiger partial charge in [0.2, 0.25) is 0 Å². The molecule has 0 saturated heterocycles. The third kappa shape index (κ3) is 6.05. The van der Waals surface area contributed by atoms with Crippen molar-refractivity contribution in [2.45, 2.75) is 32.4 Å². The molecule has 8 rings (SSSR count). The van der Waals surface area contributed by atoms with E-state index < -0.39 is 11.7 Å². The summed E-state index contributed by atoms with van der Waals surface area (Å²) >= 11 is 0.